The molecule has 1 amide bonds. The van der Waals surface area contributed by atoms with Crippen LogP contribution in [-0.4, -0.2) is 58.4 Å². The van der Waals surface area contributed by atoms with E-state index in [4.69, 9.17) is 21.1 Å². The molecule has 0 bridgehead atoms. The van der Waals surface area contributed by atoms with Crippen molar-refractivity contribution in [1.82, 2.24) is 9.21 Å². The number of methoxy groups -OCH3 is 2. The van der Waals surface area contributed by atoms with E-state index >= 15 is 0 Å². The summed E-state index contributed by atoms with van der Waals surface area (Å²) in [5.41, 5.74) is 0.894. The van der Waals surface area contributed by atoms with E-state index in [0.29, 0.717) is 23.1 Å². The number of halogens is 1. The van der Waals surface area contributed by atoms with Crippen LogP contribution in [0.1, 0.15) is 5.56 Å². The molecule has 0 unspecified atom stereocenters. The third-order valence-corrected chi connectivity index (χ3v) is 6.23. The second-order valence-corrected chi connectivity index (χ2v) is 8.64. The van der Waals surface area contributed by atoms with Crippen molar-refractivity contribution in [2.75, 3.05) is 34.9 Å². The Morgan fingerprint density at radius 2 is 1.61 bits per heavy atom. The number of likely N-dealkylation sites (N-methyl/N-ethyl adjacent to an activating group) is 2. The van der Waals surface area contributed by atoms with Gasteiger partial charge in [-0.25, -0.2) is 8.42 Å². The zero-order valence-corrected chi connectivity index (χ0v) is 17.7. The minimum absolute atomic E-state index is 0.0146. The van der Waals surface area contributed by atoms with Crippen LogP contribution in [0.3, 0.4) is 0 Å². The van der Waals surface area contributed by atoms with Crippen LogP contribution in [-0.2, 0) is 21.4 Å². The average molecular weight is 427 g/mol. The predicted molar refractivity (Wildman–Crippen MR) is 107 cm³/mol. The largest absolute Gasteiger partial charge is 0.493 e. The molecular weight excluding hydrogens is 404 g/mol. The third-order valence-electron chi connectivity index (χ3n) is 4.18. The Bertz CT molecular complexity index is 932. The number of rotatable bonds is 8. The summed E-state index contributed by atoms with van der Waals surface area (Å²) in [4.78, 5) is 14.0. The second kappa shape index (κ2) is 9.27. The molecule has 0 N–H and O–H groups in total. The fourth-order valence-electron chi connectivity index (χ4n) is 2.50. The molecule has 0 aliphatic rings. The predicted octanol–water partition coefficient (Wildman–Crippen LogP) is 2.64. The molecule has 0 saturated carbocycles. The zero-order valence-electron chi connectivity index (χ0n) is 16.2. The molecule has 7 nitrogen and oxygen atoms in total. The monoisotopic (exact) mass is 426 g/mol. The maximum atomic E-state index is 12.8. The summed E-state index contributed by atoms with van der Waals surface area (Å²) in [6.07, 6.45) is 0. The summed E-state index contributed by atoms with van der Waals surface area (Å²) in [6, 6.07) is 11.4. The smallest absolute Gasteiger partial charge is 0.243 e. The highest BCUT2D eigenvalue weighted by Gasteiger charge is 2.25. The molecule has 0 aliphatic carbocycles. The summed E-state index contributed by atoms with van der Waals surface area (Å²) in [5.74, 6) is 0.382. The van der Waals surface area contributed by atoms with Gasteiger partial charge in [0.15, 0.2) is 11.5 Å². The Hall–Kier alpha value is -2.29. The van der Waals surface area contributed by atoms with E-state index in [1.165, 1.54) is 44.4 Å². The van der Waals surface area contributed by atoms with Gasteiger partial charge >= 0.3 is 0 Å². The summed E-state index contributed by atoms with van der Waals surface area (Å²) in [7, 11) is 2.00. The number of hydrogen-bond donors (Lipinski definition) is 0. The molecule has 0 aliphatic heterocycles. The molecule has 0 heterocycles. The summed E-state index contributed by atoms with van der Waals surface area (Å²) in [6.45, 7) is 0.0566. The van der Waals surface area contributed by atoms with Crippen molar-refractivity contribution in [3.63, 3.8) is 0 Å². The number of ether oxygens (including phenoxy) is 2. The Morgan fingerprint density at radius 1 is 1.00 bits per heavy atom. The van der Waals surface area contributed by atoms with E-state index in [9.17, 15) is 13.2 Å². The van der Waals surface area contributed by atoms with Crippen molar-refractivity contribution in [3.05, 3.63) is 53.1 Å². The molecule has 0 spiro atoms. The van der Waals surface area contributed by atoms with Gasteiger partial charge in [-0.1, -0.05) is 23.7 Å². The van der Waals surface area contributed by atoms with E-state index in [1.54, 1.807) is 19.2 Å². The van der Waals surface area contributed by atoms with Gasteiger partial charge in [-0.2, -0.15) is 4.31 Å². The maximum Gasteiger partial charge on any atom is 0.243 e. The Morgan fingerprint density at radius 3 is 2.18 bits per heavy atom. The van der Waals surface area contributed by atoms with Gasteiger partial charge < -0.3 is 14.4 Å². The first-order valence-corrected chi connectivity index (χ1v) is 10.2. The van der Waals surface area contributed by atoms with Gasteiger partial charge in [-0.3, -0.25) is 4.79 Å². The number of benzene rings is 2. The lowest BCUT2D eigenvalue weighted by Gasteiger charge is -2.22. The third kappa shape index (κ3) is 5.15. The lowest BCUT2D eigenvalue weighted by Crippen LogP contribution is -2.39. The van der Waals surface area contributed by atoms with Crippen LogP contribution >= 0.6 is 11.6 Å². The van der Waals surface area contributed by atoms with E-state index in [0.717, 1.165) is 9.87 Å². The summed E-state index contributed by atoms with van der Waals surface area (Å²) >= 11 is 5.86. The van der Waals surface area contributed by atoms with Crippen molar-refractivity contribution >= 4 is 27.5 Å². The highest BCUT2D eigenvalue weighted by Crippen LogP contribution is 2.30. The van der Waals surface area contributed by atoms with Crippen LogP contribution in [0.25, 0.3) is 0 Å². The first-order chi connectivity index (χ1) is 13.2. The first kappa shape index (κ1) is 22.0. The van der Waals surface area contributed by atoms with Crippen molar-refractivity contribution in [1.29, 1.82) is 0 Å². The number of sulfonamides is 1. The SMILES string of the molecule is COc1ccc(S(=O)(=O)N(C)CC(=O)N(C)Cc2ccc(Cl)cc2)cc1OC. The van der Waals surface area contributed by atoms with E-state index < -0.39 is 10.0 Å². The van der Waals surface area contributed by atoms with Gasteiger partial charge in [0.1, 0.15) is 0 Å². The van der Waals surface area contributed by atoms with Crippen molar-refractivity contribution < 1.29 is 22.7 Å². The highest BCUT2D eigenvalue weighted by molar-refractivity contribution is 7.89. The van der Waals surface area contributed by atoms with E-state index in [2.05, 4.69) is 0 Å². The standard InChI is InChI=1S/C19H23ClN2O5S/c1-21(12-14-5-7-15(20)8-6-14)19(23)13-22(2)28(24,25)16-9-10-17(26-3)18(11-16)27-4/h5-11H,12-13H2,1-4H3. The minimum Gasteiger partial charge on any atom is -0.493 e. The number of carbonyl (C=O) groups is 1. The minimum atomic E-state index is -3.87. The fourth-order valence-corrected chi connectivity index (χ4v) is 3.77. The van der Waals surface area contributed by atoms with Crippen LogP contribution < -0.4 is 9.47 Å². The van der Waals surface area contributed by atoms with E-state index in [-0.39, 0.29) is 17.3 Å². The molecule has 0 aromatic heterocycles. The summed E-state index contributed by atoms with van der Waals surface area (Å²) in [5, 5.41) is 0.610. The Balaban J connectivity index is 2.10. The summed E-state index contributed by atoms with van der Waals surface area (Å²) < 4.78 is 36.9. The quantitative estimate of drug-likeness (QED) is 0.648. The lowest BCUT2D eigenvalue weighted by molar-refractivity contribution is -0.130. The van der Waals surface area contributed by atoms with Gasteiger partial charge in [-0.15, -0.1) is 0 Å². The van der Waals surface area contributed by atoms with Gasteiger partial charge in [0, 0.05) is 31.7 Å². The first-order valence-electron chi connectivity index (χ1n) is 8.35. The van der Waals surface area contributed by atoms with Crippen LogP contribution in [0.15, 0.2) is 47.4 Å². The number of carbonyl (C=O) groups excluding carboxylic acids is 1. The van der Waals surface area contributed by atoms with Gasteiger partial charge in [-0.05, 0) is 29.8 Å². The fraction of sp³-hybridized carbons (Fsp3) is 0.316. The Labute approximate surface area is 170 Å². The van der Waals surface area contributed by atoms with Crippen LogP contribution in [0.5, 0.6) is 11.5 Å². The van der Waals surface area contributed by atoms with Crippen molar-refractivity contribution in [2.45, 2.75) is 11.4 Å². The molecule has 2 aromatic rings. The molecule has 0 radical (unpaired) electrons. The highest BCUT2D eigenvalue weighted by atomic mass is 35.5. The van der Waals surface area contributed by atoms with Crippen LogP contribution in [0, 0.1) is 0 Å². The molecule has 2 rings (SSSR count). The number of hydrogen-bond acceptors (Lipinski definition) is 5. The molecule has 0 atom stereocenters. The molecular formula is C19H23ClN2O5S. The molecule has 0 fully saturated rings. The van der Waals surface area contributed by atoms with Crippen LogP contribution in [0.2, 0.25) is 5.02 Å². The molecule has 9 heteroatoms. The van der Waals surface area contributed by atoms with Crippen molar-refractivity contribution in [3.8, 4) is 11.5 Å². The molecule has 2 aromatic carbocycles. The van der Waals surface area contributed by atoms with Crippen molar-refractivity contribution in [2.24, 2.45) is 0 Å². The molecule has 152 valence electrons. The normalized spacial score (nSPS) is 11.4. The molecule has 0 saturated heterocycles. The maximum absolute atomic E-state index is 12.8. The Kier molecular flexibility index (Phi) is 7.29. The molecule has 28 heavy (non-hydrogen) atoms. The van der Waals surface area contributed by atoms with Gasteiger partial charge in [0.25, 0.3) is 0 Å². The topological polar surface area (TPSA) is 76.2 Å². The van der Waals surface area contributed by atoms with Crippen LogP contribution in [0.4, 0.5) is 0 Å². The van der Waals surface area contributed by atoms with Gasteiger partial charge in [0.05, 0.1) is 25.7 Å². The van der Waals surface area contributed by atoms with E-state index in [1.807, 2.05) is 12.1 Å². The zero-order chi connectivity index (χ0) is 20.9. The average Bonchev–Trinajstić information content (AvgIpc) is 2.68. The van der Waals surface area contributed by atoms with Gasteiger partial charge in [0.2, 0.25) is 15.9 Å². The number of nitrogens with zero attached hydrogens (tertiary/aromatic N) is 2. The number of amides is 1. The second-order valence-electron chi connectivity index (χ2n) is 6.15. The lowest BCUT2D eigenvalue weighted by atomic mass is 10.2.